The molecule has 20 heavy (non-hydrogen) atoms. The van der Waals surface area contributed by atoms with Gasteiger partial charge >= 0.3 is 5.69 Å². The van der Waals surface area contributed by atoms with Crippen LogP contribution in [0.5, 0.6) is 5.88 Å². The molecule has 1 unspecified atom stereocenters. The molecule has 1 atom stereocenters. The second-order valence-electron chi connectivity index (χ2n) is 5.05. The van der Waals surface area contributed by atoms with Gasteiger partial charge < -0.3 is 4.74 Å². The number of fused-ring (bicyclic) bond motifs is 1. The summed E-state index contributed by atoms with van der Waals surface area (Å²) in [6.45, 7) is 0. The molecule has 2 aromatic rings. The average Bonchev–Trinajstić information content (AvgIpc) is 2.51. The van der Waals surface area contributed by atoms with Gasteiger partial charge in [0.25, 0.3) is 5.56 Å². The van der Waals surface area contributed by atoms with Crippen molar-refractivity contribution in [2.24, 2.45) is 14.1 Å². The van der Waals surface area contributed by atoms with Crippen molar-refractivity contribution >= 4 is 0 Å². The summed E-state index contributed by atoms with van der Waals surface area (Å²) in [4.78, 5) is 24.0. The molecule has 0 bridgehead atoms. The first-order valence-electron chi connectivity index (χ1n) is 6.60. The van der Waals surface area contributed by atoms with Crippen LogP contribution in [0.2, 0.25) is 0 Å². The van der Waals surface area contributed by atoms with E-state index in [0.29, 0.717) is 17.9 Å². The number of benzene rings is 1. The summed E-state index contributed by atoms with van der Waals surface area (Å²) >= 11 is 0. The van der Waals surface area contributed by atoms with Crippen molar-refractivity contribution in [3.63, 3.8) is 0 Å². The maximum absolute atomic E-state index is 12.1. The molecular weight excluding hydrogens is 256 g/mol. The Hall–Kier alpha value is -2.30. The number of aromatic nitrogens is 2. The Morgan fingerprint density at radius 2 is 1.80 bits per heavy atom. The third-order valence-electron chi connectivity index (χ3n) is 3.78. The highest BCUT2D eigenvalue weighted by Crippen LogP contribution is 2.31. The summed E-state index contributed by atoms with van der Waals surface area (Å²) in [7, 11) is 3.13. The molecule has 1 aliphatic heterocycles. The number of nitrogens with zero attached hydrogens (tertiary/aromatic N) is 2. The topological polar surface area (TPSA) is 53.2 Å². The predicted octanol–water partition coefficient (Wildman–Crippen LogP) is 1.15. The molecule has 5 heteroatoms. The first kappa shape index (κ1) is 12.7. The van der Waals surface area contributed by atoms with E-state index >= 15 is 0 Å². The van der Waals surface area contributed by atoms with Gasteiger partial charge in [0, 0.05) is 14.1 Å². The number of hydrogen-bond donors (Lipinski definition) is 0. The summed E-state index contributed by atoms with van der Waals surface area (Å²) in [5.41, 5.74) is 1.03. The van der Waals surface area contributed by atoms with Gasteiger partial charge in [-0.05, 0) is 18.4 Å². The zero-order chi connectivity index (χ0) is 14.3. The Balaban J connectivity index is 2.09. The number of rotatable bonds is 1. The maximum atomic E-state index is 12.1. The van der Waals surface area contributed by atoms with Gasteiger partial charge in [0.2, 0.25) is 5.88 Å². The molecule has 5 nitrogen and oxygen atoms in total. The second kappa shape index (κ2) is 4.67. The van der Waals surface area contributed by atoms with Gasteiger partial charge in [0.15, 0.2) is 0 Å². The lowest BCUT2D eigenvalue weighted by Gasteiger charge is -2.27. The summed E-state index contributed by atoms with van der Waals surface area (Å²) in [6, 6.07) is 9.85. The van der Waals surface area contributed by atoms with Crippen molar-refractivity contribution < 1.29 is 4.74 Å². The molecule has 1 aliphatic rings. The highest BCUT2D eigenvalue weighted by Gasteiger charge is 2.26. The van der Waals surface area contributed by atoms with Gasteiger partial charge in [-0.3, -0.25) is 13.9 Å². The minimum Gasteiger partial charge on any atom is -0.470 e. The molecule has 0 aliphatic carbocycles. The molecule has 2 heterocycles. The van der Waals surface area contributed by atoms with Crippen LogP contribution in [0.3, 0.4) is 0 Å². The van der Waals surface area contributed by atoms with E-state index in [-0.39, 0.29) is 17.4 Å². The van der Waals surface area contributed by atoms with Crippen molar-refractivity contribution in [3.8, 4) is 5.88 Å². The zero-order valence-corrected chi connectivity index (χ0v) is 11.5. The molecule has 0 fully saturated rings. The first-order valence-corrected chi connectivity index (χ1v) is 6.60. The third kappa shape index (κ3) is 1.86. The Morgan fingerprint density at radius 3 is 2.50 bits per heavy atom. The third-order valence-corrected chi connectivity index (χ3v) is 3.78. The lowest BCUT2D eigenvalue weighted by molar-refractivity contribution is 0.156. The maximum Gasteiger partial charge on any atom is 0.333 e. The summed E-state index contributed by atoms with van der Waals surface area (Å²) in [6.07, 6.45) is 1.25. The molecule has 0 saturated carbocycles. The van der Waals surface area contributed by atoms with Crippen LogP contribution in [0, 0.1) is 0 Å². The minimum absolute atomic E-state index is 0.110. The van der Waals surface area contributed by atoms with E-state index in [1.165, 1.54) is 11.6 Å². The van der Waals surface area contributed by atoms with E-state index in [4.69, 9.17) is 4.74 Å². The number of ether oxygens (including phenoxy) is 1. The van der Waals surface area contributed by atoms with Crippen LogP contribution in [-0.2, 0) is 20.5 Å². The van der Waals surface area contributed by atoms with Crippen LogP contribution in [0.25, 0.3) is 0 Å². The fourth-order valence-electron chi connectivity index (χ4n) is 2.63. The monoisotopic (exact) mass is 272 g/mol. The van der Waals surface area contributed by atoms with Crippen LogP contribution in [-0.4, -0.2) is 9.13 Å². The smallest absolute Gasteiger partial charge is 0.333 e. The molecule has 1 aromatic carbocycles. The summed E-state index contributed by atoms with van der Waals surface area (Å²) < 4.78 is 8.45. The van der Waals surface area contributed by atoms with Gasteiger partial charge in [-0.1, -0.05) is 30.3 Å². The van der Waals surface area contributed by atoms with E-state index in [0.717, 1.165) is 16.6 Å². The van der Waals surface area contributed by atoms with Crippen LogP contribution in [0.4, 0.5) is 0 Å². The normalized spacial score (nSPS) is 17.4. The molecule has 0 saturated heterocycles. The fraction of sp³-hybridized carbons (Fsp3) is 0.333. The molecule has 104 valence electrons. The average molecular weight is 272 g/mol. The first-order chi connectivity index (χ1) is 9.59. The van der Waals surface area contributed by atoms with E-state index < -0.39 is 0 Å². The molecule has 0 radical (unpaired) electrons. The Bertz CT molecular complexity index is 759. The quantitative estimate of drug-likeness (QED) is 0.782. The summed E-state index contributed by atoms with van der Waals surface area (Å²) in [5, 5.41) is 0. The Labute approximate surface area is 116 Å². The predicted molar refractivity (Wildman–Crippen MR) is 75.1 cm³/mol. The van der Waals surface area contributed by atoms with Crippen LogP contribution < -0.4 is 16.0 Å². The van der Waals surface area contributed by atoms with Gasteiger partial charge in [0.1, 0.15) is 6.10 Å². The van der Waals surface area contributed by atoms with E-state index in [2.05, 4.69) is 0 Å². The van der Waals surface area contributed by atoms with Gasteiger partial charge in [-0.25, -0.2) is 4.79 Å². The lowest BCUT2D eigenvalue weighted by Crippen LogP contribution is -2.41. The van der Waals surface area contributed by atoms with Crippen molar-refractivity contribution in [1.29, 1.82) is 0 Å². The molecule has 0 amide bonds. The van der Waals surface area contributed by atoms with Crippen molar-refractivity contribution in [3.05, 3.63) is 62.3 Å². The van der Waals surface area contributed by atoms with Gasteiger partial charge in [0.05, 0.1) is 5.56 Å². The zero-order valence-electron chi connectivity index (χ0n) is 11.5. The molecular formula is C15H16N2O3. The molecule has 1 aromatic heterocycles. The van der Waals surface area contributed by atoms with Crippen molar-refractivity contribution in [2.75, 3.05) is 0 Å². The highest BCUT2D eigenvalue weighted by atomic mass is 16.5. The fourth-order valence-corrected chi connectivity index (χ4v) is 2.63. The Morgan fingerprint density at radius 1 is 1.10 bits per heavy atom. The van der Waals surface area contributed by atoms with Gasteiger partial charge in [-0.15, -0.1) is 0 Å². The van der Waals surface area contributed by atoms with E-state index in [1.54, 1.807) is 7.05 Å². The molecule has 3 rings (SSSR count). The van der Waals surface area contributed by atoms with Crippen molar-refractivity contribution in [2.45, 2.75) is 18.9 Å². The summed E-state index contributed by atoms with van der Waals surface area (Å²) in [5.74, 6) is 0.401. The second-order valence-corrected chi connectivity index (χ2v) is 5.05. The SMILES string of the molecule is Cn1c2c(c(=O)n(C)c1=O)CCC(c1ccccc1)O2. The highest BCUT2D eigenvalue weighted by molar-refractivity contribution is 5.30. The molecule has 0 spiro atoms. The number of hydrogen-bond acceptors (Lipinski definition) is 3. The standard InChI is InChI=1S/C15H16N2O3/c1-16-13(18)11-8-9-12(10-6-4-3-5-7-10)20-14(11)17(2)15(16)19/h3-7,12H,8-9H2,1-2H3. The van der Waals surface area contributed by atoms with Crippen LogP contribution >= 0.6 is 0 Å². The van der Waals surface area contributed by atoms with E-state index in [1.807, 2.05) is 30.3 Å². The van der Waals surface area contributed by atoms with Crippen LogP contribution in [0.15, 0.2) is 39.9 Å². The van der Waals surface area contributed by atoms with Crippen molar-refractivity contribution in [1.82, 2.24) is 9.13 Å². The molecule has 0 N–H and O–H groups in total. The Kier molecular flexibility index (Phi) is 2.97. The van der Waals surface area contributed by atoms with E-state index in [9.17, 15) is 9.59 Å². The minimum atomic E-state index is -0.359. The van der Waals surface area contributed by atoms with Crippen LogP contribution in [0.1, 0.15) is 23.7 Å². The lowest BCUT2D eigenvalue weighted by atomic mass is 9.99. The van der Waals surface area contributed by atoms with Gasteiger partial charge in [-0.2, -0.15) is 0 Å². The largest absolute Gasteiger partial charge is 0.470 e.